The lowest BCUT2D eigenvalue weighted by atomic mass is 9.68. The van der Waals surface area contributed by atoms with Crippen molar-refractivity contribution in [1.29, 1.82) is 0 Å². The molecule has 2 aromatic heterocycles. The van der Waals surface area contributed by atoms with E-state index in [1.54, 1.807) is 0 Å². The van der Waals surface area contributed by atoms with Crippen molar-refractivity contribution < 1.29 is 4.57 Å². The Labute approximate surface area is 156 Å². The Kier molecular flexibility index (Phi) is 4.51. The predicted octanol–water partition coefficient (Wildman–Crippen LogP) is 2.88. The Morgan fingerprint density at radius 2 is 2.12 bits per heavy atom. The van der Waals surface area contributed by atoms with Gasteiger partial charge in [-0.2, -0.15) is 0 Å². The Balaban J connectivity index is 1.59. The highest BCUT2D eigenvalue weighted by molar-refractivity contribution is 6.30. The summed E-state index contributed by atoms with van der Waals surface area (Å²) < 4.78 is 2.19. The fourth-order valence-corrected chi connectivity index (χ4v) is 4.33. The van der Waals surface area contributed by atoms with Crippen LogP contribution in [-0.4, -0.2) is 16.5 Å². The van der Waals surface area contributed by atoms with Crippen LogP contribution in [0.25, 0.3) is 10.9 Å². The molecule has 0 atom stereocenters. The van der Waals surface area contributed by atoms with Crippen molar-refractivity contribution in [3.8, 4) is 0 Å². The minimum atomic E-state index is -0.103. The summed E-state index contributed by atoms with van der Waals surface area (Å²) >= 11 is 6.20. The number of hydrogen-bond donors (Lipinski definition) is 2. The van der Waals surface area contributed by atoms with Gasteiger partial charge in [-0.25, -0.2) is 9.55 Å². The minimum Gasteiger partial charge on any atom is -0.330 e. The lowest BCUT2D eigenvalue weighted by Crippen LogP contribution is -2.46. The number of nitrogens with two attached hydrogens (primary N) is 1. The van der Waals surface area contributed by atoms with Gasteiger partial charge in [0.1, 0.15) is 5.52 Å². The van der Waals surface area contributed by atoms with Gasteiger partial charge >= 0.3 is 0 Å². The van der Waals surface area contributed by atoms with Crippen molar-refractivity contribution in [2.75, 3.05) is 6.54 Å². The summed E-state index contributed by atoms with van der Waals surface area (Å²) in [7, 11) is 0. The van der Waals surface area contributed by atoms with E-state index < -0.39 is 0 Å². The van der Waals surface area contributed by atoms with Gasteiger partial charge < -0.3 is 10.7 Å². The van der Waals surface area contributed by atoms with E-state index in [-0.39, 0.29) is 11.0 Å². The molecule has 0 unspecified atom stereocenters. The number of fused-ring (bicyclic) bond motifs is 1. The SMILES string of the molecule is NCC1(c2cccc(Cl)c2)CCC([n+]2ccc3c(=O)[nH]cnc3c2)CC1. The highest BCUT2D eigenvalue weighted by Crippen LogP contribution is 2.41. The zero-order valence-corrected chi connectivity index (χ0v) is 15.2. The molecule has 0 amide bonds. The van der Waals surface area contributed by atoms with Gasteiger partial charge in [0, 0.05) is 35.9 Å². The molecule has 134 valence electrons. The number of aromatic amines is 1. The monoisotopic (exact) mass is 369 g/mol. The first-order valence-corrected chi connectivity index (χ1v) is 9.33. The molecule has 1 saturated carbocycles. The number of H-pyrrole nitrogens is 1. The molecule has 4 rings (SSSR count). The summed E-state index contributed by atoms with van der Waals surface area (Å²) in [5.74, 6) is 0. The number of rotatable bonds is 3. The van der Waals surface area contributed by atoms with Crippen molar-refractivity contribution in [1.82, 2.24) is 9.97 Å². The number of halogens is 1. The number of aromatic nitrogens is 3. The summed E-state index contributed by atoms with van der Waals surface area (Å²) in [5.41, 5.74) is 8.05. The van der Waals surface area contributed by atoms with Crippen LogP contribution < -0.4 is 15.9 Å². The molecule has 6 heteroatoms. The molecular formula is C20H22ClN4O+. The number of nitrogens with zero attached hydrogens (tertiary/aromatic N) is 2. The zero-order valence-electron chi connectivity index (χ0n) is 14.5. The molecule has 0 spiro atoms. The number of pyridine rings is 1. The first kappa shape index (κ1) is 17.2. The largest absolute Gasteiger partial charge is 0.330 e. The van der Waals surface area contributed by atoms with Gasteiger partial charge in [-0.05, 0) is 30.5 Å². The molecule has 2 heterocycles. The van der Waals surface area contributed by atoms with E-state index in [0.29, 0.717) is 18.0 Å². The fourth-order valence-electron chi connectivity index (χ4n) is 4.14. The van der Waals surface area contributed by atoms with E-state index >= 15 is 0 Å². The molecule has 1 aromatic carbocycles. The van der Waals surface area contributed by atoms with E-state index in [1.165, 1.54) is 11.9 Å². The lowest BCUT2D eigenvalue weighted by Gasteiger charge is -2.38. The summed E-state index contributed by atoms with van der Waals surface area (Å²) in [6.45, 7) is 0.624. The summed E-state index contributed by atoms with van der Waals surface area (Å²) in [5, 5.41) is 1.38. The van der Waals surface area contributed by atoms with Crippen LogP contribution in [0.1, 0.15) is 37.3 Å². The van der Waals surface area contributed by atoms with E-state index in [2.05, 4.69) is 20.6 Å². The van der Waals surface area contributed by atoms with Crippen LogP contribution in [0.15, 0.2) is 53.8 Å². The lowest BCUT2D eigenvalue weighted by molar-refractivity contribution is -0.725. The Hall–Kier alpha value is -2.24. The maximum atomic E-state index is 11.8. The van der Waals surface area contributed by atoms with Gasteiger partial charge in [0.15, 0.2) is 18.4 Å². The summed E-state index contributed by atoms with van der Waals surface area (Å²) in [4.78, 5) is 18.7. The second-order valence-electron chi connectivity index (χ2n) is 7.15. The van der Waals surface area contributed by atoms with Gasteiger partial charge in [0.05, 0.1) is 11.7 Å². The molecule has 3 N–H and O–H groups in total. The van der Waals surface area contributed by atoms with Crippen LogP contribution in [0, 0.1) is 0 Å². The summed E-state index contributed by atoms with van der Waals surface area (Å²) in [6.07, 6.45) is 9.51. The van der Waals surface area contributed by atoms with Gasteiger partial charge in [-0.15, -0.1) is 0 Å². The fraction of sp³-hybridized carbons (Fsp3) is 0.350. The molecule has 0 saturated heterocycles. The molecule has 26 heavy (non-hydrogen) atoms. The van der Waals surface area contributed by atoms with Crippen molar-refractivity contribution in [2.24, 2.45) is 5.73 Å². The van der Waals surface area contributed by atoms with E-state index in [1.807, 2.05) is 36.7 Å². The third-order valence-corrected chi connectivity index (χ3v) is 6.00. The van der Waals surface area contributed by atoms with Crippen LogP contribution >= 0.6 is 11.6 Å². The highest BCUT2D eigenvalue weighted by atomic mass is 35.5. The Bertz CT molecular complexity index is 992. The molecule has 3 aromatic rings. The molecule has 0 bridgehead atoms. The van der Waals surface area contributed by atoms with E-state index in [0.717, 1.165) is 36.2 Å². The maximum absolute atomic E-state index is 11.8. The van der Waals surface area contributed by atoms with Gasteiger partial charge in [0.25, 0.3) is 5.56 Å². The molecule has 1 aliphatic carbocycles. The molecule has 0 radical (unpaired) electrons. The Morgan fingerprint density at radius 3 is 2.85 bits per heavy atom. The number of nitrogens with one attached hydrogen (secondary N) is 1. The third-order valence-electron chi connectivity index (χ3n) is 5.77. The second-order valence-corrected chi connectivity index (χ2v) is 7.59. The highest BCUT2D eigenvalue weighted by Gasteiger charge is 2.38. The molecule has 1 aliphatic rings. The van der Waals surface area contributed by atoms with E-state index in [9.17, 15) is 4.79 Å². The van der Waals surface area contributed by atoms with Crippen molar-refractivity contribution in [3.05, 3.63) is 70.0 Å². The van der Waals surface area contributed by atoms with Gasteiger partial charge in [0.2, 0.25) is 0 Å². The standard InChI is InChI=1S/C20H21ClN4O/c21-15-3-1-2-14(10-15)20(12-22)7-4-16(5-8-20)25-9-6-17-18(11-25)23-13-24-19(17)26/h1-3,6,9-11,13,16H,4-5,7-8,12,22H2/p+1. The average molecular weight is 370 g/mol. The number of benzene rings is 1. The quantitative estimate of drug-likeness (QED) is 0.697. The van der Waals surface area contributed by atoms with Crippen LogP contribution in [0.5, 0.6) is 0 Å². The van der Waals surface area contributed by atoms with Crippen LogP contribution in [0.4, 0.5) is 0 Å². The van der Waals surface area contributed by atoms with Crippen LogP contribution in [0.3, 0.4) is 0 Å². The third kappa shape index (κ3) is 3.02. The smallest absolute Gasteiger partial charge is 0.259 e. The Morgan fingerprint density at radius 1 is 1.31 bits per heavy atom. The van der Waals surface area contributed by atoms with Crippen LogP contribution in [0.2, 0.25) is 5.02 Å². The van der Waals surface area contributed by atoms with Gasteiger partial charge in [-0.3, -0.25) is 4.79 Å². The minimum absolute atomic E-state index is 0.00575. The first-order valence-electron chi connectivity index (χ1n) is 8.96. The second kappa shape index (κ2) is 6.82. The predicted molar refractivity (Wildman–Crippen MR) is 102 cm³/mol. The van der Waals surface area contributed by atoms with Crippen LogP contribution in [-0.2, 0) is 5.41 Å². The molecule has 1 fully saturated rings. The average Bonchev–Trinajstić information content (AvgIpc) is 2.68. The molecule has 5 nitrogen and oxygen atoms in total. The molecule has 0 aliphatic heterocycles. The van der Waals surface area contributed by atoms with Crippen molar-refractivity contribution in [2.45, 2.75) is 37.1 Å². The summed E-state index contributed by atoms with van der Waals surface area (Å²) in [6, 6.07) is 10.3. The topological polar surface area (TPSA) is 75.7 Å². The van der Waals surface area contributed by atoms with E-state index in [4.69, 9.17) is 17.3 Å². The first-order chi connectivity index (χ1) is 12.6. The van der Waals surface area contributed by atoms with Crippen molar-refractivity contribution in [3.63, 3.8) is 0 Å². The maximum Gasteiger partial charge on any atom is 0.259 e. The van der Waals surface area contributed by atoms with Crippen molar-refractivity contribution >= 4 is 22.5 Å². The number of hydrogen-bond acceptors (Lipinski definition) is 3. The van der Waals surface area contributed by atoms with Gasteiger partial charge in [-0.1, -0.05) is 23.7 Å². The zero-order chi connectivity index (χ0) is 18.1. The normalized spacial score (nSPS) is 23.2. The molecular weight excluding hydrogens is 348 g/mol.